The molecular weight excluding hydrogens is 302 g/mol. The van der Waals surface area contributed by atoms with Crippen molar-refractivity contribution in [2.24, 2.45) is 0 Å². The third-order valence-corrected chi connectivity index (χ3v) is 0. The fourth-order valence-electron chi connectivity index (χ4n) is 0. The normalized spacial score (nSPS) is 3.18. The van der Waals surface area contributed by atoms with Crippen LogP contribution < -0.4 is 66.1 Å². The summed E-state index contributed by atoms with van der Waals surface area (Å²) in [5.74, 6) is 0. The Morgan fingerprint density at radius 1 is 0.727 bits per heavy atom. The van der Waals surface area contributed by atoms with E-state index < -0.39 is 20.4 Å². The second-order valence-corrected chi connectivity index (χ2v) is 1.37. The second-order valence-electron chi connectivity index (χ2n) is 0.204. The fraction of sp³-hybridized carbons (Fsp3) is 0. The first-order valence-electron chi connectivity index (χ1n) is 0.500. The monoisotopic (exact) mass is 314 g/mol. The van der Waals surface area contributed by atoms with Crippen LogP contribution >= 0.6 is 0 Å². The van der Waals surface area contributed by atoms with Gasteiger partial charge in [-0.05, 0) is 0 Å². The largest absolute Gasteiger partial charge is 1.00 e. The molecule has 66 valence electrons. The Labute approximate surface area is 115 Å². The van der Waals surface area contributed by atoms with Gasteiger partial charge in [-0.1, -0.05) is 0 Å². The first-order chi connectivity index (χ1) is 1.73. The molecule has 0 unspecified atom stereocenters. The van der Waals surface area contributed by atoms with Crippen LogP contribution in [-0.2, 0) is 3.10 Å². The van der Waals surface area contributed by atoms with Crippen molar-refractivity contribution in [3.05, 3.63) is 0 Å². The van der Waals surface area contributed by atoms with Gasteiger partial charge >= 0.3 is 89.5 Å². The van der Waals surface area contributed by atoms with Crippen LogP contribution in [0.1, 0.15) is 0 Å². The minimum Gasteiger partial charge on any atom is 1.00 e. The van der Waals surface area contributed by atoms with E-state index in [1.807, 2.05) is 0 Å². The van der Waals surface area contributed by atoms with E-state index in [1.54, 1.807) is 0 Å². The van der Waals surface area contributed by atoms with E-state index in [0.717, 1.165) is 0 Å². The molecule has 0 bridgehead atoms. The topological polar surface area (TPSA) is 221 Å². The van der Waals surface area contributed by atoms with Gasteiger partial charge in [0.25, 0.3) is 0 Å². The Morgan fingerprint density at radius 2 is 0.727 bits per heavy atom. The number of hydrogen-bond acceptors (Lipinski definition) is 3. The molecular formula is H10Na2O8Te. The third-order valence-electron chi connectivity index (χ3n) is 0. The molecule has 0 radical (unpaired) electrons. The van der Waals surface area contributed by atoms with Crippen LogP contribution in [0.2, 0.25) is 0 Å². The van der Waals surface area contributed by atoms with Gasteiger partial charge in [-0.3, -0.25) is 0 Å². The van der Waals surface area contributed by atoms with Crippen LogP contribution in [0.15, 0.2) is 0 Å². The second kappa shape index (κ2) is 55.8. The van der Waals surface area contributed by atoms with Crippen LogP contribution in [-0.4, -0.2) is 47.7 Å². The Kier molecular flexibility index (Phi) is 363. The van der Waals surface area contributed by atoms with E-state index in [-0.39, 0.29) is 86.5 Å². The Bertz CT molecular complexity index is 35.1. The van der Waals surface area contributed by atoms with Crippen LogP contribution in [0.4, 0.5) is 0 Å². The summed E-state index contributed by atoms with van der Waals surface area (Å²) in [6.45, 7) is 0. The van der Waals surface area contributed by atoms with E-state index >= 15 is 0 Å². The van der Waals surface area contributed by atoms with Crippen LogP contribution in [0.3, 0.4) is 0 Å². The van der Waals surface area contributed by atoms with Gasteiger partial charge in [0.05, 0.1) is 0 Å². The molecule has 0 aromatic rings. The Morgan fingerprint density at radius 3 is 0.727 bits per heavy atom. The zero-order chi connectivity index (χ0) is 3.58. The maximum absolute atomic E-state index is 8.59. The predicted octanol–water partition coefficient (Wildman–Crippen LogP) is -13.0. The molecule has 0 heterocycles. The van der Waals surface area contributed by atoms with Crippen molar-refractivity contribution in [2.45, 2.75) is 0 Å². The first kappa shape index (κ1) is 71.5. The summed E-state index contributed by atoms with van der Waals surface area (Å²) in [6.07, 6.45) is 0. The zero-order valence-electron chi connectivity index (χ0n) is 6.13. The van der Waals surface area contributed by atoms with Crippen LogP contribution in [0.5, 0.6) is 0 Å². The zero-order valence-corrected chi connectivity index (χ0v) is 12.5. The van der Waals surface area contributed by atoms with Gasteiger partial charge in [0.15, 0.2) is 0 Å². The molecule has 0 rings (SSSR count). The molecule has 10 N–H and O–H groups in total. The van der Waals surface area contributed by atoms with E-state index in [1.165, 1.54) is 0 Å². The molecule has 0 amide bonds. The molecule has 0 saturated carbocycles. The van der Waals surface area contributed by atoms with Gasteiger partial charge in [-0.15, -0.1) is 0 Å². The van der Waals surface area contributed by atoms with Crippen molar-refractivity contribution >= 4 is 20.4 Å². The minimum absolute atomic E-state index is 0. The van der Waals surface area contributed by atoms with E-state index in [4.69, 9.17) is 10.0 Å². The molecule has 0 aliphatic carbocycles. The molecule has 11 heteroatoms. The van der Waals surface area contributed by atoms with Crippen molar-refractivity contribution in [1.29, 1.82) is 0 Å². The van der Waals surface area contributed by atoms with Crippen LogP contribution in [0, 0.1) is 0 Å². The smallest absolute Gasteiger partial charge is 1.00 e. The van der Waals surface area contributed by atoms with Crippen LogP contribution in [0.25, 0.3) is 0 Å². The summed E-state index contributed by atoms with van der Waals surface area (Å²) in [6, 6.07) is 0. The molecule has 0 aliphatic heterocycles. The summed E-state index contributed by atoms with van der Waals surface area (Å²) < 4.78 is 25.8. The predicted molar refractivity (Wildman–Crippen MR) is 24.5 cm³/mol. The molecule has 0 aliphatic rings. The molecule has 11 heavy (non-hydrogen) atoms. The van der Waals surface area contributed by atoms with Gasteiger partial charge in [0.2, 0.25) is 0 Å². The third kappa shape index (κ3) is 245. The number of hydrogen-bond donors (Lipinski definition) is 0. The summed E-state index contributed by atoms with van der Waals surface area (Å²) in [5.41, 5.74) is 0. The van der Waals surface area contributed by atoms with Gasteiger partial charge < -0.3 is 27.4 Å². The molecule has 0 spiro atoms. The summed E-state index contributed by atoms with van der Waals surface area (Å²) in [4.78, 5) is 0. The standard InChI is InChI=1S/2Na.H2O3Te.5H2O/c;;1-4(2)3;;;;;/h;;(H2,1,2,3);5*1H2/q2*+1;;;;;;/p-2. The Balaban J connectivity index is -0.00000000214. The Hall–Kier alpha value is 2.31. The summed E-state index contributed by atoms with van der Waals surface area (Å²) in [5, 5.41) is 0. The van der Waals surface area contributed by atoms with Crippen molar-refractivity contribution < 1.29 is 96.5 Å². The van der Waals surface area contributed by atoms with E-state index in [2.05, 4.69) is 0 Å². The minimum atomic E-state index is -4.11. The average molecular weight is 312 g/mol. The average Bonchev–Trinajstić information content (AvgIpc) is 0.811. The van der Waals surface area contributed by atoms with E-state index in [9.17, 15) is 0 Å². The maximum atomic E-state index is 8.59. The van der Waals surface area contributed by atoms with Gasteiger partial charge in [0, 0.05) is 0 Å². The van der Waals surface area contributed by atoms with Crippen molar-refractivity contribution in [2.75, 3.05) is 0 Å². The van der Waals surface area contributed by atoms with E-state index in [0.29, 0.717) is 0 Å². The van der Waals surface area contributed by atoms with Gasteiger partial charge in [-0.25, -0.2) is 0 Å². The van der Waals surface area contributed by atoms with Gasteiger partial charge in [0.1, 0.15) is 0 Å². The van der Waals surface area contributed by atoms with Crippen molar-refractivity contribution in [1.82, 2.24) is 0 Å². The molecule has 8 nitrogen and oxygen atoms in total. The molecule has 0 aromatic carbocycles. The SMILES string of the molecule is O.O.O.O.O.O=[Te]([O-])[O-].[Na+].[Na+]. The molecule has 0 saturated heterocycles. The van der Waals surface area contributed by atoms with Crippen molar-refractivity contribution in [3.63, 3.8) is 0 Å². The maximum Gasteiger partial charge on any atom is 1.00 e. The first-order valence-corrected chi connectivity index (χ1v) is 3.35. The fourth-order valence-corrected chi connectivity index (χ4v) is 0. The number of rotatable bonds is 0. The molecule has 0 aromatic heterocycles. The summed E-state index contributed by atoms with van der Waals surface area (Å²) >= 11 is -4.11. The van der Waals surface area contributed by atoms with Crippen molar-refractivity contribution in [3.8, 4) is 0 Å². The summed E-state index contributed by atoms with van der Waals surface area (Å²) in [7, 11) is 0. The quantitative estimate of drug-likeness (QED) is 0.397. The molecule has 0 atom stereocenters. The van der Waals surface area contributed by atoms with Gasteiger partial charge in [-0.2, -0.15) is 0 Å². The molecule has 0 fully saturated rings.